The van der Waals surface area contributed by atoms with Gasteiger partial charge < -0.3 is 14.4 Å². The van der Waals surface area contributed by atoms with Crippen LogP contribution in [0.4, 0.5) is 11.4 Å². The third-order valence-electron chi connectivity index (χ3n) is 5.91. The number of ether oxygens (including phenoxy) is 2. The summed E-state index contributed by atoms with van der Waals surface area (Å²) in [6.45, 7) is 6.34. The predicted octanol–water partition coefficient (Wildman–Crippen LogP) is 4.52. The number of anilines is 1. The molecule has 0 bridgehead atoms. The third-order valence-corrected chi connectivity index (χ3v) is 5.91. The summed E-state index contributed by atoms with van der Waals surface area (Å²) < 4.78 is 12.1. The Morgan fingerprint density at radius 2 is 1.93 bits per heavy atom. The molecule has 27 heavy (non-hydrogen) atoms. The molecule has 2 heterocycles. The summed E-state index contributed by atoms with van der Waals surface area (Å²) in [5.74, 6) is 0.893. The first-order chi connectivity index (χ1) is 12.7. The van der Waals surface area contributed by atoms with Gasteiger partial charge >= 0.3 is 0 Å². The van der Waals surface area contributed by atoms with Crippen molar-refractivity contribution >= 4 is 17.5 Å². The molecule has 6 heteroatoms. The lowest BCUT2D eigenvalue weighted by Gasteiger charge is -2.48. The van der Waals surface area contributed by atoms with Gasteiger partial charge in [0.05, 0.1) is 23.5 Å². The molecule has 140 valence electrons. The topological polar surface area (TPSA) is 64.8 Å². The zero-order chi connectivity index (χ0) is 19.6. The van der Waals surface area contributed by atoms with Gasteiger partial charge in [-0.25, -0.2) is 0 Å². The maximum Gasteiger partial charge on any atom is 0.274 e. The Bertz CT molecular complexity index is 996. The molecule has 0 radical (unpaired) electrons. The summed E-state index contributed by atoms with van der Waals surface area (Å²) in [5.41, 5.74) is 2.85. The van der Waals surface area contributed by atoms with Gasteiger partial charge in [-0.1, -0.05) is 18.2 Å². The van der Waals surface area contributed by atoms with Gasteiger partial charge in [0.2, 0.25) is 5.72 Å². The second-order valence-electron chi connectivity index (χ2n) is 7.60. The number of nitro groups is 1. The summed E-state index contributed by atoms with van der Waals surface area (Å²) in [6, 6.07) is 11.2. The van der Waals surface area contributed by atoms with E-state index in [-0.39, 0.29) is 11.1 Å². The van der Waals surface area contributed by atoms with E-state index in [9.17, 15) is 10.1 Å². The average molecular weight is 366 g/mol. The van der Waals surface area contributed by atoms with Crippen molar-refractivity contribution in [2.24, 2.45) is 0 Å². The number of nitro benzene ring substituents is 1. The molecule has 6 nitrogen and oxygen atoms in total. The van der Waals surface area contributed by atoms with Crippen molar-refractivity contribution in [3.63, 3.8) is 0 Å². The molecule has 0 amide bonds. The number of likely N-dealkylation sites (N-methyl/N-ethyl adjacent to an activating group) is 1. The van der Waals surface area contributed by atoms with E-state index in [1.54, 1.807) is 0 Å². The third kappa shape index (κ3) is 2.07. The van der Waals surface area contributed by atoms with Crippen LogP contribution in [0.1, 0.15) is 31.9 Å². The van der Waals surface area contributed by atoms with Crippen molar-refractivity contribution < 1.29 is 14.4 Å². The quantitative estimate of drug-likeness (QED) is 0.577. The Balaban J connectivity index is 1.96. The van der Waals surface area contributed by atoms with Crippen LogP contribution < -0.4 is 14.4 Å². The number of hydrogen-bond donors (Lipinski definition) is 0. The number of methoxy groups -OCH3 is 1. The molecule has 0 saturated carbocycles. The molecule has 0 aliphatic carbocycles. The van der Waals surface area contributed by atoms with E-state index < -0.39 is 10.6 Å². The van der Waals surface area contributed by atoms with Crippen LogP contribution in [-0.4, -0.2) is 24.8 Å². The summed E-state index contributed by atoms with van der Waals surface area (Å²) in [5, 5.41) is 11.3. The van der Waals surface area contributed by atoms with E-state index in [2.05, 4.69) is 30.9 Å². The number of fused-ring (bicyclic) bond motifs is 2. The number of hydrogen-bond acceptors (Lipinski definition) is 5. The number of non-ortho nitro benzene ring substituents is 1. The van der Waals surface area contributed by atoms with Crippen LogP contribution in [-0.2, 0) is 5.41 Å². The Morgan fingerprint density at radius 3 is 2.56 bits per heavy atom. The first-order valence-corrected chi connectivity index (χ1v) is 8.81. The Kier molecular flexibility index (Phi) is 3.54. The van der Waals surface area contributed by atoms with Gasteiger partial charge in [0.25, 0.3) is 5.69 Å². The normalized spacial score (nSPS) is 22.0. The summed E-state index contributed by atoms with van der Waals surface area (Å²) in [7, 11) is 3.52. The standard InChI is InChI=1S/C21H22N2O4/c1-13-10-14-11-15(23(24)25)12-18(26-5)19(14)27-21(13)20(2,3)16-8-6-7-9-17(16)22(21)4/h6-12H,1-5H3. The molecular weight excluding hydrogens is 344 g/mol. The lowest BCUT2D eigenvalue weighted by atomic mass is 9.73. The Hall–Kier alpha value is -3.02. The van der Waals surface area contributed by atoms with Gasteiger partial charge in [-0.05, 0) is 44.1 Å². The smallest absolute Gasteiger partial charge is 0.274 e. The van der Waals surface area contributed by atoms with Crippen molar-refractivity contribution in [2.45, 2.75) is 31.9 Å². The van der Waals surface area contributed by atoms with Crippen LogP contribution in [0.2, 0.25) is 0 Å². The fourth-order valence-corrected chi connectivity index (χ4v) is 4.66. The Labute approximate surface area is 158 Å². The number of rotatable bonds is 2. The van der Waals surface area contributed by atoms with E-state index in [1.165, 1.54) is 24.8 Å². The largest absolute Gasteiger partial charge is 0.493 e. The van der Waals surface area contributed by atoms with Crippen LogP contribution in [0.3, 0.4) is 0 Å². The fraction of sp³-hybridized carbons (Fsp3) is 0.333. The molecule has 1 unspecified atom stereocenters. The minimum absolute atomic E-state index is 0.0171. The molecule has 0 fully saturated rings. The summed E-state index contributed by atoms with van der Waals surface area (Å²) in [6.07, 6.45) is 1.97. The van der Waals surface area contributed by atoms with Crippen LogP contribution in [0.25, 0.3) is 6.08 Å². The van der Waals surface area contributed by atoms with Crippen LogP contribution in [0.15, 0.2) is 42.0 Å². The highest BCUT2D eigenvalue weighted by Crippen LogP contribution is 2.58. The average Bonchev–Trinajstić information content (AvgIpc) is 2.81. The zero-order valence-electron chi connectivity index (χ0n) is 16.1. The number of nitrogens with zero attached hydrogens (tertiary/aromatic N) is 2. The molecule has 0 aromatic heterocycles. The first-order valence-electron chi connectivity index (χ1n) is 8.81. The van der Waals surface area contributed by atoms with Crippen LogP contribution in [0, 0.1) is 10.1 Å². The minimum Gasteiger partial charge on any atom is -0.493 e. The lowest BCUT2D eigenvalue weighted by molar-refractivity contribution is -0.385. The summed E-state index contributed by atoms with van der Waals surface area (Å²) >= 11 is 0. The van der Waals surface area contributed by atoms with E-state index in [4.69, 9.17) is 9.47 Å². The van der Waals surface area contributed by atoms with Gasteiger partial charge in [0.15, 0.2) is 11.5 Å². The maximum atomic E-state index is 11.3. The highest BCUT2D eigenvalue weighted by atomic mass is 16.6. The maximum absolute atomic E-state index is 11.3. The molecule has 2 aromatic carbocycles. The molecule has 2 aliphatic heterocycles. The van der Waals surface area contributed by atoms with Gasteiger partial charge in [-0.3, -0.25) is 10.1 Å². The van der Waals surface area contributed by atoms with Crippen molar-refractivity contribution in [1.29, 1.82) is 0 Å². The molecule has 1 spiro atoms. The summed E-state index contributed by atoms with van der Waals surface area (Å²) in [4.78, 5) is 13.0. The highest BCUT2D eigenvalue weighted by molar-refractivity contribution is 5.77. The molecule has 4 rings (SSSR count). The molecule has 0 saturated heterocycles. The minimum atomic E-state index is -0.743. The molecule has 2 aromatic rings. The predicted molar refractivity (Wildman–Crippen MR) is 105 cm³/mol. The monoisotopic (exact) mass is 366 g/mol. The van der Waals surface area contributed by atoms with Gasteiger partial charge in [-0.15, -0.1) is 0 Å². The first kappa shape index (κ1) is 17.4. The zero-order valence-corrected chi connectivity index (χ0v) is 16.1. The van der Waals surface area contributed by atoms with Gasteiger partial charge in [0, 0.05) is 24.4 Å². The SMILES string of the molecule is COc1cc([N+](=O)[O-])cc2c1OC1(C(C)=C2)N(C)c2ccccc2C1(C)C. The second kappa shape index (κ2) is 5.49. The number of benzene rings is 2. The van der Waals surface area contributed by atoms with Crippen molar-refractivity contribution in [2.75, 3.05) is 19.1 Å². The van der Waals surface area contributed by atoms with Gasteiger partial charge in [-0.2, -0.15) is 0 Å². The van der Waals surface area contributed by atoms with E-state index in [1.807, 2.05) is 32.2 Å². The van der Waals surface area contributed by atoms with Gasteiger partial charge in [0.1, 0.15) is 0 Å². The van der Waals surface area contributed by atoms with Crippen LogP contribution in [0.5, 0.6) is 11.5 Å². The molecule has 1 atom stereocenters. The molecule has 0 N–H and O–H groups in total. The molecular formula is C21H22N2O4. The Morgan fingerprint density at radius 1 is 1.22 bits per heavy atom. The second-order valence-corrected chi connectivity index (χ2v) is 7.60. The van der Waals surface area contributed by atoms with Crippen molar-refractivity contribution in [3.05, 3.63) is 63.2 Å². The van der Waals surface area contributed by atoms with Crippen molar-refractivity contribution in [3.8, 4) is 11.5 Å². The van der Waals surface area contributed by atoms with E-state index in [0.717, 1.165) is 11.3 Å². The van der Waals surface area contributed by atoms with Crippen molar-refractivity contribution in [1.82, 2.24) is 0 Å². The van der Waals surface area contributed by atoms with E-state index in [0.29, 0.717) is 17.1 Å². The number of para-hydroxylation sites is 1. The van der Waals surface area contributed by atoms with E-state index >= 15 is 0 Å². The lowest BCUT2D eigenvalue weighted by Crippen LogP contribution is -2.60. The fourth-order valence-electron chi connectivity index (χ4n) is 4.66. The molecule has 2 aliphatic rings. The van der Waals surface area contributed by atoms with Crippen LogP contribution >= 0.6 is 0 Å². The highest BCUT2D eigenvalue weighted by Gasteiger charge is 2.60.